The molecule has 0 radical (unpaired) electrons. The van der Waals surface area contributed by atoms with Crippen LogP contribution in [0.4, 0.5) is 0 Å². The second-order valence-electron chi connectivity index (χ2n) is 5.53. The zero-order chi connectivity index (χ0) is 14.8. The predicted octanol–water partition coefficient (Wildman–Crippen LogP) is 4.80. The van der Waals surface area contributed by atoms with Gasteiger partial charge >= 0.3 is 0 Å². The van der Waals surface area contributed by atoms with Crippen LogP contribution in [0.3, 0.4) is 0 Å². The van der Waals surface area contributed by atoms with E-state index in [1.54, 1.807) is 7.11 Å². The van der Waals surface area contributed by atoms with Gasteiger partial charge in [0.05, 0.1) is 7.11 Å². The summed E-state index contributed by atoms with van der Waals surface area (Å²) in [7, 11) is 1.73. The number of rotatable bonds is 4. The van der Waals surface area contributed by atoms with Gasteiger partial charge in [-0.3, -0.25) is 0 Å². The number of nitrogens with one attached hydrogen (secondary N) is 1. The highest BCUT2D eigenvalue weighted by atomic mass is 79.9. The fourth-order valence-electron chi connectivity index (χ4n) is 3.20. The van der Waals surface area contributed by atoms with E-state index >= 15 is 0 Å². The van der Waals surface area contributed by atoms with Crippen LogP contribution in [0.5, 0.6) is 5.75 Å². The van der Waals surface area contributed by atoms with Crippen LogP contribution in [-0.4, -0.2) is 7.11 Å². The van der Waals surface area contributed by atoms with Crippen molar-refractivity contribution >= 4 is 15.9 Å². The van der Waals surface area contributed by atoms with Crippen molar-refractivity contribution in [1.29, 1.82) is 0 Å². The molecule has 0 aromatic heterocycles. The van der Waals surface area contributed by atoms with Crippen molar-refractivity contribution < 1.29 is 4.74 Å². The van der Waals surface area contributed by atoms with Crippen LogP contribution in [0, 0.1) is 0 Å². The average Bonchev–Trinajstić information content (AvgIpc) is 2.92. The highest BCUT2D eigenvalue weighted by molar-refractivity contribution is 9.10. The van der Waals surface area contributed by atoms with Crippen LogP contribution in [0.25, 0.3) is 0 Å². The van der Waals surface area contributed by atoms with E-state index in [1.165, 1.54) is 21.2 Å². The van der Waals surface area contributed by atoms with Crippen molar-refractivity contribution in [3.05, 3.63) is 63.6 Å². The SMILES string of the molecule is COc1ccccc1C(C)NC1CCc2c(Br)cccc21. The van der Waals surface area contributed by atoms with Crippen LogP contribution in [-0.2, 0) is 6.42 Å². The molecule has 2 aromatic rings. The molecule has 0 saturated carbocycles. The third-order valence-electron chi connectivity index (χ3n) is 4.27. The van der Waals surface area contributed by atoms with E-state index in [0.29, 0.717) is 6.04 Å². The van der Waals surface area contributed by atoms with Crippen LogP contribution < -0.4 is 10.1 Å². The fourth-order valence-corrected chi connectivity index (χ4v) is 3.78. The third kappa shape index (κ3) is 2.85. The molecule has 2 nitrogen and oxygen atoms in total. The molecular formula is C18H20BrNO. The van der Waals surface area contributed by atoms with Gasteiger partial charge < -0.3 is 10.1 Å². The molecule has 1 aliphatic rings. The van der Waals surface area contributed by atoms with Crippen LogP contribution in [0.1, 0.15) is 42.1 Å². The second kappa shape index (κ2) is 6.20. The summed E-state index contributed by atoms with van der Waals surface area (Å²) in [6.07, 6.45) is 2.28. The number of halogens is 1. The molecule has 0 bridgehead atoms. The summed E-state index contributed by atoms with van der Waals surface area (Å²) in [5.74, 6) is 0.949. The van der Waals surface area contributed by atoms with E-state index in [4.69, 9.17) is 4.74 Å². The van der Waals surface area contributed by atoms with Gasteiger partial charge in [0.15, 0.2) is 0 Å². The molecule has 3 heteroatoms. The quantitative estimate of drug-likeness (QED) is 0.859. The standard InChI is InChI=1S/C18H20BrNO/c1-12(13-6-3-4-9-18(13)21-2)20-17-11-10-14-15(17)7-5-8-16(14)19/h3-9,12,17,20H,10-11H2,1-2H3. The Morgan fingerprint density at radius 3 is 2.81 bits per heavy atom. The maximum atomic E-state index is 5.47. The lowest BCUT2D eigenvalue weighted by molar-refractivity contribution is 0.393. The Morgan fingerprint density at radius 2 is 2.00 bits per heavy atom. The van der Waals surface area contributed by atoms with Gasteiger partial charge in [0, 0.05) is 22.1 Å². The summed E-state index contributed by atoms with van der Waals surface area (Å²) in [5, 5.41) is 3.75. The number of ether oxygens (including phenoxy) is 1. The Hall–Kier alpha value is -1.32. The molecule has 1 aliphatic carbocycles. The molecule has 0 amide bonds. The van der Waals surface area contributed by atoms with E-state index in [9.17, 15) is 0 Å². The fraction of sp³-hybridized carbons (Fsp3) is 0.333. The van der Waals surface area contributed by atoms with Crippen LogP contribution in [0.2, 0.25) is 0 Å². The highest BCUT2D eigenvalue weighted by Gasteiger charge is 2.25. The van der Waals surface area contributed by atoms with E-state index in [2.05, 4.69) is 58.5 Å². The molecule has 0 saturated heterocycles. The lowest BCUT2D eigenvalue weighted by Crippen LogP contribution is -2.23. The number of para-hydroxylation sites is 1. The van der Waals surface area contributed by atoms with Gasteiger partial charge in [0.1, 0.15) is 5.75 Å². The zero-order valence-corrected chi connectivity index (χ0v) is 14.0. The van der Waals surface area contributed by atoms with Crippen molar-refractivity contribution in [3.63, 3.8) is 0 Å². The molecular weight excluding hydrogens is 326 g/mol. The van der Waals surface area contributed by atoms with Gasteiger partial charge in [0.2, 0.25) is 0 Å². The summed E-state index contributed by atoms with van der Waals surface area (Å²) in [6, 6.07) is 15.4. The van der Waals surface area contributed by atoms with Crippen LogP contribution in [0.15, 0.2) is 46.9 Å². The minimum Gasteiger partial charge on any atom is -0.496 e. The van der Waals surface area contributed by atoms with Gasteiger partial charge in [0.25, 0.3) is 0 Å². The molecule has 2 aromatic carbocycles. The number of hydrogen-bond acceptors (Lipinski definition) is 2. The zero-order valence-electron chi connectivity index (χ0n) is 12.4. The average molecular weight is 346 g/mol. The maximum Gasteiger partial charge on any atom is 0.123 e. The van der Waals surface area contributed by atoms with E-state index in [-0.39, 0.29) is 6.04 Å². The molecule has 0 fully saturated rings. The highest BCUT2D eigenvalue weighted by Crippen LogP contribution is 2.37. The molecule has 3 rings (SSSR count). The van der Waals surface area contributed by atoms with Gasteiger partial charge in [-0.2, -0.15) is 0 Å². The van der Waals surface area contributed by atoms with Crippen molar-refractivity contribution in [3.8, 4) is 5.75 Å². The van der Waals surface area contributed by atoms with Gasteiger partial charge in [-0.1, -0.05) is 46.3 Å². The summed E-state index contributed by atoms with van der Waals surface area (Å²) < 4.78 is 6.70. The molecule has 110 valence electrons. The van der Waals surface area contributed by atoms with E-state index in [0.717, 1.165) is 18.6 Å². The Morgan fingerprint density at radius 1 is 1.19 bits per heavy atom. The molecule has 0 heterocycles. The molecule has 2 atom stereocenters. The normalized spacial score (nSPS) is 18.3. The van der Waals surface area contributed by atoms with Gasteiger partial charge in [-0.15, -0.1) is 0 Å². The van der Waals surface area contributed by atoms with E-state index in [1.807, 2.05) is 12.1 Å². The lowest BCUT2D eigenvalue weighted by Gasteiger charge is -2.22. The summed E-state index contributed by atoms with van der Waals surface area (Å²) in [4.78, 5) is 0. The van der Waals surface area contributed by atoms with Crippen molar-refractivity contribution in [1.82, 2.24) is 5.32 Å². The number of methoxy groups -OCH3 is 1. The first-order chi connectivity index (χ1) is 10.2. The Labute approximate surface area is 134 Å². The van der Waals surface area contributed by atoms with Gasteiger partial charge in [-0.25, -0.2) is 0 Å². The Balaban J connectivity index is 1.81. The molecule has 21 heavy (non-hydrogen) atoms. The monoisotopic (exact) mass is 345 g/mol. The topological polar surface area (TPSA) is 21.3 Å². The van der Waals surface area contributed by atoms with Crippen molar-refractivity contribution in [2.75, 3.05) is 7.11 Å². The minimum atomic E-state index is 0.260. The largest absolute Gasteiger partial charge is 0.496 e. The Bertz CT molecular complexity index is 641. The first-order valence-corrected chi connectivity index (χ1v) is 8.16. The predicted molar refractivity (Wildman–Crippen MR) is 89.7 cm³/mol. The van der Waals surface area contributed by atoms with Gasteiger partial charge in [-0.05, 0) is 43.0 Å². The van der Waals surface area contributed by atoms with E-state index < -0.39 is 0 Å². The lowest BCUT2D eigenvalue weighted by atomic mass is 10.0. The Kier molecular flexibility index (Phi) is 4.32. The number of fused-ring (bicyclic) bond motifs is 1. The summed E-state index contributed by atoms with van der Waals surface area (Å²) >= 11 is 3.66. The summed E-state index contributed by atoms with van der Waals surface area (Å²) in [6.45, 7) is 2.20. The van der Waals surface area contributed by atoms with Crippen molar-refractivity contribution in [2.24, 2.45) is 0 Å². The smallest absolute Gasteiger partial charge is 0.123 e. The second-order valence-corrected chi connectivity index (χ2v) is 6.38. The minimum absolute atomic E-state index is 0.260. The molecule has 0 spiro atoms. The van der Waals surface area contributed by atoms with Crippen molar-refractivity contribution in [2.45, 2.75) is 31.8 Å². The molecule has 2 unspecified atom stereocenters. The number of benzene rings is 2. The first-order valence-electron chi connectivity index (χ1n) is 7.37. The number of hydrogen-bond donors (Lipinski definition) is 1. The third-order valence-corrected chi connectivity index (χ3v) is 5.01. The molecule has 1 N–H and O–H groups in total. The molecule has 0 aliphatic heterocycles. The summed E-state index contributed by atoms with van der Waals surface area (Å²) in [5.41, 5.74) is 4.08. The first kappa shape index (κ1) is 14.6. The maximum absolute atomic E-state index is 5.47. The van der Waals surface area contributed by atoms with Crippen LogP contribution >= 0.6 is 15.9 Å².